The molecule has 0 saturated carbocycles. The summed E-state index contributed by atoms with van der Waals surface area (Å²) in [5, 5.41) is 13.6. The van der Waals surface area contributed by atoms with Crippen LogP contribution in [-0.2, 0) is 6.54 Å². The Kier molecular flexibility index (Phi) is 4.26. The molecule has 0 saturated heterocycles. The number of H-pyrrole nitrogens is 1. The fraction of sp³-hybridized carbons (Fsp3) is 0.0526. The third-order valence-corrected chi connectivity index (χ3v) is 3.96. The number of rotatable bonds is 5. The van der Waals surface area contributed by atoms with Crippen molar-refractivity contribution in [2.24, 2.45) is 0 Å². The maximum absolute atomic E-state index is 12.4. The SMILES string of the molecule is O=C(NCc1ccc(-c2ccn[nH]2)cc1)c1cccc(-c2ncon2)c1. The minimum absolute atomic E-state index is 0.159. The zero-order valence-electron chi connectivity index (χ0n) is 13.7. The van der Waals surface area contributed by atoms with Crippen molar-refractivity contribution >= 4 is 5.91 Å². The second kappa shape index (κ2) is 7.02. The van der Waals surface area contributed by atoms with Crippen LogP contribution >= 0.6 is 0 Å². The summed E-state index contributed by atoms with van der Waals surface area (Å²) < 4.78 is 4.74. The zero-order valence-corrected chi connectivity index (χ0v) is 13.7. The highest BCUT2D eigenvalue weighted by Gasteiger charge is 2.09. The van der Waals surface area contributed by atoms with E-state index in [1.807, 2.05) is 36.4 Å². The van der Waals surface area contributed by atoms with E-state index in [1.165, 1.54) is 6.39 Å². The molecule has 4 rings (SSSR count). The van der Waals surface area contributed by atoms with Gasteiger partial charge in [-0.2, -0.15) is 10.1 Å². The van der Waals surface area contributed by atoms with Crippen molar-refractivity contribution in [1.29, 1.82) is 0 Å². The molecule has 26 heavy (non-hydrogen) atoms. The number of carbonyl (C=O) groups is 1. The van der Waals surface area contributed by atoms with Gasteiger partial charge in [-0.15, -0.1) is 0 Å². The summed E-state index contributed by atoms with van der Waals surface area (Å²) >= 11 is 0. The van der Waals surface area contributed by atoms with Crippen molar-refractivity contribution in [2.75, 3.05) is 0 Å². The normalized spacial score (nSPS) is 10.6. The monoisotopic (exact) mass is 345 g/mol. The third kappa shape index (κ3) is 3.36. The number of nitrogens with one attached hydrogen (secondary N) is 2. The van der Waals surface area contributed by atoms with Crippen LogP contribution in [0.5, 0.6) is 0 Å². The first-order chi connectivity index (χ1) is 12.8. The van der Waals surface area contributed by atoms with Crippen molar-refractivity contribution in [3.63, 3.8) is 0 Å². The van der Waals surface area contributed by atoms with Crippen molar-refractivity contribution in [2.45, 2.75) is 6.54 Å². The van der Waals surface area contributed by atoms with E-state index in [1.54, 1.807) is 24.4 Å². The maximum Gasteiger partial charge on any atom is 0.251 e. The largest absolute Gasteiger partial charge is 0.348 e. The van der Waals surface area contributed by atoms with Gasteiger partial charge in [-0.25, -0.2) is 0 Å². The molecule has 2 heterocycles. The Labute approximate surface area is 149 Å². The van der Waals surface area contributed by atoms with Crippen LogP contribution in [0.1, 0.15) is 15.9 Å². The first-order valence-corrected chi connectivity index (χ1v) is 8.03. The van der Waals surface area contributed by atoms with Gasteiger partial charge < -0.3 is 9.84 Å². The second-order valence-electron chi connectivity index (χ2n) is 5.69. The molecular formula is C19H15N5O2. The average Bonchev–Trinajstić information content (AvgIpc) is 3.40. The van der Waals surface area contributed by atoms with Crippen LogP contribution in [0, 0.1) is 0 Å². The van der Waals surface area contributed by atoms with Gasteiger partial charge in [0.05, 0.1) is 5.69 Å². The standard InChI is InChI=1S/C19H15N5O2/c25-19(16-3-1-2-15(10-16)18-21-12-26-24-18)20-11-13-4-6-14(7-5-13)17-8-9-22-23-17/h1-10,12H,11H2,(H,20,25)(H,22,23). The van der Waals surface area contributed by atoms with Crippen LogP contribution in [0.15, 0.2) is 71.7 Å². The molecule has 7 nitrogen and oxygen atoms in total. The van der Waals surface area contributed by atoms with Crippen LogP contribution in [0.2, 0.25) is 0 Å². The molecule has 2 aromatic heterocycles. The zero-order chi connectivity index (χ0) is 17.8. The van der Waals surface area contributed by atoms with Crippen molar-refractivity contribution in [3.05, 3.63) is 78.3 Å². The lowest BCUT2D eigenvalue weighted by Crippen LogP contribution is -2.22. The lowest BCUT2D eigenvalue weighted by molar-refractivity contribution is 0.0951. The topological polar surface area (TPSA) is 96.7 Å². The molecular weight excluding hydrogens is 330 g/mol. The van der Waals surface area contributed by atoms with Gasteiger partial charge in [0.25, 0.3) is 5.91 Å². The van der Waals surface area contributed by atoms with Gasteiger partial charge in [0.15, 0.2) is 0 Å². The van der Waals surface area contributed by atoms with Crippen LogP contribution in [0.25, 0.3) is 22.6 Å². The maximum atomic E-state index is 12.4. The molecule has 2 N–H and O–H groups in total. The van der Waals surface area contributed by atoms with E-state index < -0.39 is 0 Å². The molecule has 2 aromatic carbocycles. The summed E-state index contributed by atoms with van der Waals surface area (Å²) in [4.78, 5) is 16.4. The van der Waals surface area contributed by atoms with Crippen LogP contribution < -0.4 is 5.32 Å². The molecule has 0 aliphatic rings. The summed E-state index contributed by atoms with van der Waals surface area (Å²) in [6.45, 7) is 0.439. The van der Waals surface area contributed by atoms with E-state index in [0.717, 1.165) is 22.4 Å². The van der Waals surface area contributed by atoms with Gasteiger partial charge in [-0.05, 0) is 29.3 Å². The number of amides is 1. The predicted molar refractivity (Wildman–Crippen MR) is 94.9 cm³/mol. The molecule has 0 atom stereocenters. The van der Waals surface area contributed by atoms with Crippen LogP contribution in [-0.4, -0.2) is 26.2 Å². The average molecular weight is 345 g/mol. The Balaban J connectivity index is 1.42. The lowest BCUT2D eigenvalue weighted by Gasteiger charge is -2.07. The number of aromatic nitrogens is 4. The molecule has 128 valence electrons. The van der Waals surface area contributed by atoms with E-state index in [0.29, 0.717) is 17.9 Å². The Morgan fingerprint density at radius 3 is 2.69 bits per heavy atom. The molecule has 0 aliphatic heterocycles. The number of carbonyl (C=O) groups excluding carboxylic acids is 1. The number of hydrogen-bond acceptors (Lipinski definition) is 5. The lowest BCUT2D eigenvalue weighted by atomic mass is 10.1. The van der Waals surface area contributed by atoms with E-state index in [-0.39, 0.29) is 5.91 Å². The molecule has 0 bridgehead atoms. The summed E-state index contributed by atoms with van der Waals surface area (Å²) in [7, 11) is 0. The minimum Gasteiger partial charge on any atom is -0.348 e. The fourth-order valence-electron chi connectivity index (χ4n) is 2.60. The van der Waals surface area contributed by atoms with Gasteiger partial charge >= 0.3 is 0 Å². The molecule has 0 unspecified atom stereocenters. The van der Waals surface area contributed by atoms with Crippen LogP contribution in [0.3, 0.4) is 0 Å². The van der Waals surface area contributed by atoms with Gasteiger partial charge in [-0.1, -0.05) is 41.6 Å². The fourth-order valence-corrected chi connectivity index (χ4v) is 2.60. The highest BCUT2D eigenvalue weighted by atomic mass is 16.5. The second-order valence-corrected chi connectivity index (χ2v) is 5.69. The summed E-state index contributed by atoms with van der Waals surface area (Å²) in [5.41, 5.74) is 4.29. The highest BCUT2D eigenvalue weighted by Crippen LogP contribution is 2.18. The summed E-state index contributed by atoms with van der Waals surface area (Å²) in [6.07, 6.45) is 2.97. The predicted octanol–water partition coefficient (Wildman–Crippen LogP) is 3.06. The molecule has 0 fully saturated rings. The first kappa shape index (κ1) is 15.8. The van der Waals surface area contributed by atoms with Crippen molar-refractivity contribution < 1.29 is 9.32 Å². The number of hydrogen-bond donors (Lipinski definition) is 2. The van der Waals surface area contributed by atoms with Crippen LogP contribution in [0.4, 0.5) is 0 Å². The number of benzene rings is 2. The van der Waals surface area contributed by atoms with E-state index in [4.69, 9.17) is 4.52 Å². The Morgan fingerprint density at radius 2 is 1.96 bits per heavy atom. The molecule has 0 spiro atoms. The van der Waals surface area contributed by atoms with Gasteiger partial charge in [-0.3, -0.25) is 9.89 Å². The molecule has 4 aromatic rings. The van der Waals surface area contributed by atoms with E-state index in [9.17, 15) is 4.79 Å². The third-order valence-electron chi connectivity index (χ3n) is 3.96. The van der Waals surface area contributed by atoms with Gasteiger partial charge in [0.2, 0.25) is 12.2 Å². The first-order valence-electron chi connectivity index (χ1n) is 8.03. The Morgan fingerprint density at radius 1 is 1.08 bits per heavy atom. The highest BCUT2D eigenvalue weighted by molar-refractivity contribution is 5.95. The van der Waals surface area contributed by atoms with Gasteiger partial charge in [0.1, 0.15) is 0 Å². The quantitative estimate of drug-likeness (QED) is 0.579. The Bertz CT molecular complexity index is 993. The van der Waals surface area contributed by atoms with Crippen molar-refractivity contribution in [3.8, 4) is 22.6 Å². The van der Waals surface area contributed by atoms with E-state index >= 15 is 0 Å². The number of aromatic amines is 1. The summed E-state index contributed by atoms with van der Waals surface area (Å²) in [6, 6.07) is 17.0. The van der Waals surface area contributed by atoms with Gasteiger partial charge in [0, 0.05) is 23.9 Å². The molecule has 0 radical (unpaired) electrons. The minimum atomic E-state index is -0.159. The van der Waals surface area contributed by atoms with Crippen molar-refractivity contribution in [1.82, 2.24) is 25.7 Å². The molecule has 0 aliphatic carbocycles. The summed E-state index contributed by atoms with van der Waals surface area (Å²) in [5.74, 6) is 0.294. The number of nitrogens with zero attached hydrogens (tertiary/aromatic N) is 3. The van der Waals surface area contributed by atoms with E-state index in [2.05, 4.69) is 25.7 Å². The molecule has 1 amide bonds. The smallest absolute Gasteiger partial charge is 0.251 e. The molecule has 7 heteroatoms. The Hall–Kier alpha value is -3.74.